The number of ether oxygens (including phenoxy) is 2. The van der Waals surface area contributed by atoms with E-state index < -0.39 is 6.03 Å². The van der Waals surface area contributed by atoms with Crippen LogP contribution in [0.5, 0.6) is 5.75 Å². The quantitative estimate of drug-likeness (QED) is 0.428. The van der Waals surface area contributed by atoms with Gasteiger partial charge in [-0.2, -0.15) is 0 Å². The summed E-state index contributed by atoms with van der Waals surface area (Å²) in [6.07, 6.45) is 6.50. The van der Waals surface area contributed by atoms with Crippen LogP contribution in [0.4, 0.5) is 10.5 Å². The van der Waals surface area contributed by atoms with Gasteiger partial charge in [0.25, 0.3) is 0 Å². The first-order chi connectivity index (χ1) is 10.3. The van der Waals surface area contributed by atoms with Crippen molar-refractivity contribution >= 4 is 11.7 Å². The zero-order valence-electron chi connectivity index (χ0n) is 12.0. The van der Waals surface area contributed by atoms with E-state index in [-0.39, 0.29) is 0 Å². The van der Waals surface area contributed by atoms with Gasteiger partial charge in [-0.25, -0.2) is 10.3 Å². The maximum Gasteiger partial charge on any atom is 0.342 e. The average molecular weight is 294 g/mol. The van der Waals surface area contributed by atoms with E-state index >= 15 is 0 Å². The molecule has 2 rings (SSSR count). The van der Waals surface area contributed by atoms with Gasteiger partial charge in [-0.05, 0) is 25.0 Å². The molecule has 6 heteroatoms. The van der Waals surface area contributed by atoms with Gasteiger partial charge in [0, 0.05) is 11.8 Å². The lowest BCUT2D eigenvalue weighted by molar-refractivity contribution is 0.0129. The molecule has 0 spiro atoms. The lowest BCUT2D eigenvalue weighted by atomic mass is 9.98. The summed E-state index contributed by atoms with van der Waals surface area (Å²) in [6, 6.07) is 6.29. The fourth-order valence-corrected chi connectivity index (χ4v) is 2.43. The maximum absolute atomic E-state index is 11.0. The molecule has 6 nitrogen and oxygen atoms in total. The summed E-state index contributed by atoms with van der Waals surface area (Å²) in [6.45, 7) is 1.05. The summed E-state index contributed by atoms with van der Waals surface area (Å²) >= 11 is 0. The Morgan fingerprint density at radius 1 is 1.24 bits per heavy atom. The van der Waals surface area contributed by atoms with Crippen LogP contribution in [0.2, 0.25) is 0 Å². The molecule has 0 atom stereocenters. The molecule has 1 aliphatic rings. The fourth-order valence-electron chi connectivity index (χ4n) is 2.43. The predicted molar refractivity (Wildman–Crippen MR) is 78.7 cm³/mol. The Labute approximate surface area is 124 Å². The molecule has 1 saturated carbocycles. The second kappa shape index (κ2) is 8.49. The number of hydroxylamine groups is 1. The minimum absolute atomic E-state index is 0.378. The molecule has 0 heterocycles. The van der Waals surface area contributed by atoms with Gasteiger partial charge in [-0.15, -0.1) is 0 Å². The van der Waals surface area contributed by atoms with Crippen LogP contribution in [0, 0.1) is 0 Å². The molecular formula is C15H22N2O4. The third-order valence-electron chi connectivity index (χ3n) is 3.45. The van der Waals surface area contributed by atoms with Crippen LogP contribution in [0.3, 0.4) is 0 Å². The Kier molecular flexibility index (Phi) is 6.30. The minimum Gasteiger partial charge on any atom is -0.491 e. The normalized spacial score (nSPS) is 15.5. The number of carbonyl (C=O) groups is 1. The number of urea groups is 1. The molecule has 0 aliphatic heterocycles. The SMILES string of the molecule is O=C(NO)Nc1cccc(OCCOC2CCCCC2)c1. The highest BCUT2D eigenvalue weighted by Crippen LogP contribution is 2.20. The smallest absolute Gasteiger partial charge is 0.342 e. The second-order valence-electron chi connectivity index (χ2n) is 5.07. The summed E-state index contributed by atoms with van der Waals surface area (Å²) in [5, 5.41) is 10.9. The van der Waals surface area contributed by atoms with E-state index in [0.29, 0.717) is 30.8 Å². The Morgan fingerprint density at radius 3 is 2.81 bits per heavy atom. The van der Waals surface area contributed by atoms with Gasteiger partial charge in [-0.1, -0.05) is 25.3 Å². The Balaban J connectivity index is 1.70. The molecule has 3 N–H and O–H groups in total. The highest BCUT2D eigenvalue weighted by molar-refractivity contribution is 5.88. The van der Waals surface area contributed by atoms with Crippen molar-refractivity contribution in [3.63, 3.8) is 0 Å². The topological polar surface area (TPSA) is 79.8 Å². The van der Waals surface area contributed by atoms with Gasteiger partial charge >= 0.3 is 6.03 Å². The van der Waals surface area contributed by atoms with E-state index in [1.165, 1.54) is 24.7 Å². The molecule has 1 aliphatic carbocycles. The first-order valence-electron chi connectivity index (χ1n) is 7.33. The summed E-state index contributed by atoms with van der Waals surface area (Å²) < 4.78 is 11.4. The standard InChI is InChI=1S/C15H22N2O4/c18-15(17-19)16-12-5-4-8-14(11-12)21-10-9-20-13-6-2-1-3-7-13/h4-5,8,11,13,19H,1-3,6-7,9-10H2,(H2,16,17,18). The first kappa shape index (κ1) is 15.6. The molecule has 21 heavy (non-hydrogen) atoms. The number of anilines is 1. The summed E-state index contributed by atoms with van der Waals surface area (Å²) in [5.74, 6) is 0.651. The van der Waals surface area contributed by atoms with Crippen molar-refractivity contribution in [3.8, 4) is 5.75 Å². The lowest BCUT2D eigenvalue weighted by Gasteiger charge is -2.21. The van der Waals surface area contributed by atoms with E-state index in [2.05, 4.69) is 5.32 Å². The number of benzene rings is 1. The Morgan fingerprint density at radius 2 is 2.05 bits per heavy atom. The molecule has 1 aromatic rings. The molecule has 0 aromatic heterocycles. The highest BCUT2D eigenvalue weighted by Gasteiger charge is 2.13. The fraction of sp³-hybridized carbons (Fsp3) is 0.533. The first-order valence-corrected chi connectivity index (χ1v) is 7.33. The molecular weight excluding hydrogens is 272 g/mol. The number of carbonyl (C=O) groups excluding carboxylic acids is 1. The van der Waals surface area contributed by atoms with Gasteiger partial charge in [0.05, 0.1) is 12.7 Å². The Hall–Kier alpha value is -1.79. The predicted octanol–water partition coefficient (Wildman–Crippen LogP) is 2.93. The zero-order valence-corrected chi connectivity index (χ0v) is 12.0. The van der Waals surface area contributed by atoms with Crippen molar-refractivity contribution < 1.29 is 19.5 Å². The Bertz CT molecular complexity index is 447. The van der Waals surface area contributed by atoms with Crippen LogP contribution in [0.1, 0.15) is 32.1 Å². The van der Waals surface area contributed by atoms with Crippen LogP contribution in [-0.2, 0) is 4.74 Å². The third-order valence-corrected chi connectivity index (χ3v) is 3.45. The van der Waals surface area contributed by atoms with E-state index in [9.17, 15) is 4.79 Å². The molecule has 0 saturated heterocycles. The minimum atomic E-state index is -0.687. The van der Waals surface area contributed by atoms with E-state index in [1.807, 2.05) is 6.07 Å². The molecule has 0 radical (unpaired) electrons. The second-order valence-corrected chi connectivity index (χ2v) is 5.07. The molecule has 1 aromatic carbocycles. The van der Waals surface area contributed by atoms with Crippen LogP contribution in [-0.4, -0.2) is 30.6 Å². The van der Waals surface area contributed by atoms with Crippen molar-refractivity contribution in [1.29, 1.82) is 0 Å². The molecule has 0 bridgehead atoms. The van der Waals surface area contributed by atoms with Gasteiger partial charge in [0.2, 0.25) is 0 Å². The van der Waals surface area contributed by atoms with Crippen molar-refractivity contribution in [1.82, 2.24) is 5.48 Å². The number of amides is 2. The van der Waals surface area contributed by atoms with Gasteiger partial charge in [0.1, 0.15) is 12.4 Å². The molecule has 2 amide bonds. The molecule has 1 fully saturated rings. The number of hydrogen-bond donors (Lipinski definition) is 3. The number of hydrogen-bond acceptors (Lipinski definition) is 4. The zero-order chi connectivity index (χ0) is 14.9. The van der Waals surface area contributed by atoms with E-state index in [1.54, 1.807) is 18.2 Å². The van der Waals surface area contributed by atoms with E-state index in [0.717, 1.165) is 12.8 Å². The maximum atomic E-state index is 11.0. The summed E-state index contributed by atoms with van der Waals surface area (Å²) in [4.78, 5) is 11.0. The highest BCUT2D eigenvalue weighted by atomic mass is 16.5. The van der Waals surface area contributed by atoms with Crippen LogP contribution in [0.15, 0.2) is 24.3 Å². The van der Waals surface area contributed by atoms with Crippen molar-refractivity contribution in [3.05, 3.63) is 24.3 Å². The van der Waals surface area contributed by atoms with Crippen LogP contribution >= 0.6 is 0 Å². The van der Waals surface area contributed by atoms with Gasteiger partial charge in [-0.3, -0.25) is 5.21 Å². The monoisotopic (exact) mass is 294 g/mol. The van der Waals surface area contributed by atoms with Crippen LogP contribution < -0.4 is 15.5 Å². The van der Waals surface area contributed by atoms with Crippen molar-refractivity contribution in [2.75, 3.05) is 18.5 Å². The summed E-state index contributed by atoms with van der Waals surface area (Å²) in [7, 11) is 0. The third kappa shape index (κ3) is 5.61. The largest absolute Gasteiger partial charge is 0.491 e. The van der Waals surface area contributed by atoms with Crippen molar-refractivity contribution in [2.45, 2.75) is 38.2 Å². The molecule has 116 valence electrons. The van der Waals surface area contributed by atoms with Gasteiger partial charge < -0.3 is 14.8 Å². The van der Waals surface area contributed by atoms with Gasteiger partial charge in [0.15, 0.2) is 0 Å². The van der Waals surface area contributed by atoms with E-state index in [4.69, 9.17) is 14.7 Å². The molecule has 0 unspecified atom stereocenters. The average Bonchev–Trinajstić information content (AvgIpc) is 2.53. The number of nitrogens with one attached hydrogen (secondary N) is 2. The summed E-state index contributed by atoms with van der Waals surface area (Å²) in [5.41, 5.74) is 2.06. The van der Waals surface area contributed by atoms with Crippen LogP contribution in [0.25, 0.3) is 0 Å². The lowest BCUT2D eigenvalue weighted by Crippen LogP contribution is -2.25. The van der Waals surface area contributed by atoms with Crippen molar-refractivity contribution in [2.24, 2.45) is 0 Å². The number of rotatable bonds is 6.